The molecule has 1 rings (SSSR count). The lowest BCUT2D eigenvalue weighted by atomic mass is 10.2. The molecule has 1 heterocycles. The summed E-state index contributed by atoms with van der Waals surface area (Å²) in [6.07, 6.45) is 0. The van der Waals surface area contributed by atoms with Crippen molar-refractivity contribution < 1.29 is 4.39 Å². The van der Waals surface area contributed by atoms with E-state index in [4.69, 9.17) is 0 Å². The normalized spacial score (nSPS) is 9.90. The zero-order valence-electron chi connectivity index (χ0n) is 6.19. The number of pyridine rings is 1. The third-order valence-corrected chi connectivity index (χ3v) is 1.30. The largest absolute Gasteiger partial charge is 0.258 e. The molecule has 0 radical (unpaired) electrons. The van der Waals surface area contributed by atoms with Gasteiger partial charge in [-0.1, -0.05) is 0 Å². The van der Waals surface area contributed by atoms with Crippen LogP contribution in [0.15, 0.2) is 12.1 Å². The molecule has 0 bridgehead atoms. The van der Waals surface area contributed by atoms with Gasteiger partial charge in [0.05, 0.1) is 0 Å². The van der Waals surface area contributed by atoms with Crippen LogP contribution in [0.1, 0.15) is 17.0 Å². The second-order valence-corrected chi connectivity index (χ2v) is 2.39. The molecule has 0 aromatic carbocycles. The highest BCUT2D eigenvalue weighted by atomic mass is 19.1. The SMILES string of the molecule is Cc1cc(CF)cc(C)n1. The lowest BCUT2D eigenvalue weighted by molar-refractivity contribution is 0.484. The van der Waals surface area contributed by atoms with Gasteiger partial charge in [-0.15, -0.1) is 0 Å². The molecule has 0 saturated heterocycles. The highest BCUT2D eigenvalue weighted by Gasteiger charge is 1.94. The Morgan fingerprint density at radius 2 is 1.80 bits per heavy atom. The van der Waals surface area contributed by atoms with Crippen molar-refractivity contribution in [2.45, 2.75) is 20.5 Å². The maximum absolute atomic E-state index is 12.1. The molecule has 10 heavy (non-hydrogen) atoms. The number of aromatic nitrogens is 1. The van der Waals surface area contributed by atoms with Crippen molar-refractivity contribution in [3.8, 4) is 0 Å². The van der Waals surface area contributed by atoms with Gasteiger partial charge in [0.2, 0.25) is 0 Å². The summed E-state index contributed by atoms with van der Waals surface area (Å²) in [5.41, 5.74) is 2.48. The zero-order chi connectivity index (χ0) is 7.56. The molecule has 0 unspecified atom stereocenters. The number of hydrogen-bond donors (Lipinski definition) is 0. The summed E-state index contributed by atoms with van der Waals surface area (Å²) in [7, 11) is 0. The van der Waals surface area contributed by atoms with Crippen LogP contribution in [0.25, 0.3) is 0 Å². The minimum Gasteiger partial charge on any atom is -0.258 e. The molecule has 0 fully saturated rings. The van der Waals surface area contributed by atoms with E-state index in [1.165, 1.54) is 0 Å². The summed E-state index contributed by atoms with van der Waals surface area (Å²) in [6.45, 7) is 3.34. The van der Waals surface area contributed by atoms with E-state index in [0.29, 0.717) is 5.56 Å². The first-order valence-electron chi connectivity index (χ1n) is 3.22. The molecule has 0 aliphatic rings. The molecule has 1 nitrogen and oxygen atoms in total. The van der Waals surface area contributed by atoms with Gasteiger partial charge in [-0.2, -0.15) is 0 Å². The second-order valence-electron chi connectivity index (χ2n) is 2.39. The maximum Gasteiger partial charge on any atom is 0.115 e. The van der Waals surface area contributed by atoms with E-state index < -0.39 is 6.67 Å². The monoisotopic (exact) mass is 139 g/mol. The Balaban J connectivity index is 3.06. The molecule has 0 spiro atoms. The minimum absolute atomic E-state index is 0.399. The lowest BCUT2D eigenvalue weighted by Crippen LogP contribution is -1.88. The first kappa shape index (κ1) is 7.19. The van der Waals surface area contributed by atoms with E-state index >= 15 is 0 Å². The molecule has 0 N–H and O–H groups in total. The van der Waals surface area contributed by atoms with E-state index in [0.717, 1.165) is 11.4 Å². The van der Waals surface area contributed by atoms with Crippen molar-refractivity contribution in [3.05, 3.63) is 29.1 Å². The minimum atomic E-state index is -0.399. The van der Waals surface area contributed by atoms with Gasteiger partial charge < -0.3 is 0 Å². The van der Waals surface area contributed by atoms with Crippen LogP contribution in [0, 0.1) is 13.8 Å². The van der Waals surface area contributed by atoms with Crippen LogP contribution in [0.4, 0.5) is 4.39 Å². The third kappa shape index (κ3) is 1.53. The Kier molecular flexibility index (Phi) is 2.00. The first-order valence-corrected chi connectivity index (χ1v) is 3.22. The fourth-order valence-electron chi connectivity index (χ4n) is 0.998. The quantitative estimate of drug-likeness (QED) is 0.581. The molecule has 54 valence electrons. The average molecular weight is 139 g/mol. The fraction of sp³-hybridized carbons (Fsp3) is 0.375. The summed E-state index contributed by atoms with van der Waals surface area (Å²) in [5, 5.41) is 0. The molecule has 1 aromatic heterocycles. The van der Waals surface area contributed by atoms with Crippen molar-refractivity contribution in [2.24, 2.45) is 0 Å². The molecule has 1 aromatic rings. The summed E-state index contributed by atoms with van der Waals surface area (Å²) in [4.78, 5) is 4.12. The van der Waals surface area contributed by atoms with Gasteiger partial charge in [0.1, 0.15) is 6.67 Å². The van der Waals surface area contributed by atoms with Gasteiger partial charge in [0.25, 0.3) is 0 Å². The van der Waals surface area contributed by atoms with Crippen LogP contribution >= 0.6 is 0 Å². The molecule has 0 amide bonds. The van der Waals surface area contributed by atoms with Crippen molar-refractivity contribution in [1.29, 1.82) is 0 Å². The molecule has 0 aliphatic heterocycles. The van der Waals surface area contributed by atoms with Crippen LogP contribution in [0.3, 0.4) is 0 Å². The molecule has 2 heteroatoms. The van der Waals surface area contributed by atoms with Crippen molar-refractivity contribution in [3.63, 3.8) is 0 Å². The predicted molar refractivity (Wildman–Crippen MR) is 38.5 cm³/mol. The summed E-state index contributed by atoms with van der Waals surface area (Å²) < 4.78 is 12.1. The molecular formula is C8H10FN. The van der Waals surface area contributed by atoms with Gasteiger partial charge >= 0.3 is 0 Å². The molecule has 0 atom stereocenters. The van der Waals surface area contributed by atoms with E-state index in [1.807, 2.05) is 13.8 Å². The summed E-state index contributed by atoms with van der Waals surface area (Å²) in [5.74, 6) is 0. The molecular weight excluding hydrogens is 129 g/mol. The number of nitrogens with zero attached hydrogens (tertiary/aromatic N) is 1. The van der Waals surface area contributed by atoms with Crippen LogP contribution in [-0.4, -0.2) is 4.98 Å². The number of alkyl halides is 1. The van der Waals surface area contributed by atoms with Crippen LogP contribution in [0.2, 0.25) is 0 Å². The Morgan fingerprint density at radius 3 is 2.20 bits per heavy atom. The van der Waals surface area contributed by atoms with Crippen molar-refractivity contribution in [2.75, 3.05) is 0 Å². The number of hydrogen-bond acceptors (Lipinski definition) is 1. The number of aryl methyl sites for hydroxylation is 2. The maximum atomic E-state index is 12.1. The second kappa shape index (κ2) is 2.78. The Hall–Kier alpha value is -0.920. The standard InChI is InChI=1S/C8H10FN/c1-6-3-8(5-9)4-7(2)10-6/h3-4H,5H2,1-2H3. The Bertz CT molecular complexity index is 212. The summed E-state index contributed by atoms with van der Waals surface area (Å²) >= 11 is 0. The average Bonchev–Trinajstić information content (AvgIpc) is 1.85. The van der Waals surface area contributed by atoms with E-state index in [2.05, 4.69) is 4.98 Å². The van der Waals surface area contributed by atoms with Crippen molar-refractivity contribution >= 4 is 0 Å². The highest BCUT2D eigenvalue weighted by Crippen LogP contribution is 2.05. The van der Waals surface area contributed by atoms with Crippen LogP contribution in [0.5, 0.6) is 0 Å². The van der Waals surface area contributed by atoms with Crippen LogP contribution in [-0.2, 0) is 6.67 Å². The predicted octanol–water partition coefficient (Wildman–Crippen LogP) is 2.17. The van der Waals surface area contributed by atoms with E-state index in [9.17, 15) is 4.39 Å². The van der Waals surface area contributed by atoms with Gasteiger partial charge in [-0.3, -0.25) is 4.98 Å². The number of rotatable bonds is 1. The summed E-state index contributed by atoms with van der Waals surface area (Å²) in [6, 6.07) is 3.51. The van der Waals surface area contributed by atoms with Gasteiger partial charge in [0.15, 0.2) is 0 Å². The topological polar surface area (TPSA) is 12.9 Å². The van der Waals surface area contributed by atoms with Gasteiger partial charge in [-0.05, 0) is 31.5 Å². The third-order valence-electron chi connectivity index (χ3n) is 1.30. The highest BCUT2D eigenvalue weighted by molar-refractivity contribution is 5.19. The number of halogens is 1. The van der Waals surface area contributed by atoms with Crippen molar-refractivity contribution in [1.82, 2.24) is 4.98 Å². The Labute approximate surface area is 59.9 Å². The molecule has 0 aliphatic carbocycles. The Morgan fingerprint density at radius 1 is 1.30 bits per heavy atom. The van der Waals surface area contributed by atoms with E-state index in [1.54, 1.807) is 12.1 Å². The van der Waals surface area contributed by atoms with E-state index in [-0.39, 0.29) is 0 Å². The van der Waals surface area contributed by atoms with Gasteiger partial charge in [0, 0.05) is 11.4 Å². The fourth-order valence-corrected chi connectivity index (χ4v) is 0.998. The lowest BCUT2D eigenvalue weighted by Gasteiger charge is -1.98. The first-order chi connectivity index (χ1) is 4.72. The zero-order valence-corrected chi connectivity index (χ0v) is 6.19. The molecule has 0 saturated carbocycles. The smallest absolute Gasteiger partial charge is 0.115 e. The van der Waals surface area contributed by atoms with Crippen LogP contribution < -0.4 is 0 Å². The van der Waals surface area contributed by atoms with Gasteiger partial charge in [-0.25, -0.2) is 4.39 Å².